The van der Waals surface area contributed by atoms with Crippen LogP contribution in [0.4, 0.5) is 17.1 Å². The predicted molar refractivity (Wildman–Crippen MR) is 128 cm³/mol. The highest BCUT2D eigenvalue weighted by atomic mass is 32.2. The molecular weight excluding hydrogens is 484 g/mol. The molecule has 0 atom stereocenters. The second-order valence-electron chi connectivity index (χ2n) is 7.59. The lowest BCUT2D eigenvalue weighted by Gasteiger charge is -2.26. The van der Waals surface area contributed by atoms with Gasteiger partial charge in [-0.15, -0.1) is 0 Å². The second-order valence-corrected chi connectivity index (χ2v) is 11.4. The van der Waals surface area contributed by atoms with Gasteiger partial charge >= 0.3 is 0 Å². The highest BCUT2D eigenvalue weighted by Gasteiger charge is 2.27. The van der Waals surface area contributed by atoms with Crippen LogP contribution in [0.3, 0.4) is 0 Å². The Hall–Kier alpha value is -3.00. The third kappa shape index (κ3) is 6.53. The molecule has 0 aromatic heterocycles. The molecule has 0 bridgehead atoms. The monoisotopic (exact) mass is 510 g/mol. The molecule has 11 nitrogen and oxygen atoms in total. The van der Waals surface area contributed by atoms with Gasteiger partial charge in [-0.2, -0.15) is 4.31 Å². The van der Waals surface area contributed by atoms with Gasteiger partial charge in [-0.3, -0.25) is 13.9 Å². The maximum atomic E-state index is 12.8. The number of carbonyl (C=O) groups excluding carboxylic acids is 2. The van der Waals surface area contributed by atoms with Crippen LogP contribution in [0.1, 0.15) is 6.92 Å². The summed E-state index contributed by atoms with van der Waals surface area (Å²) >= 11 is 0. The number of nitrogens with one attached hydrogen (secondary N) is 2. The van der Waals surface area contributed by atoms with E-state index < -0.39 is 32.5 Å². The lowest BCUT2D eigenvalue weighted by molar-refractivity contribution is -0.115. The Kier molecular flexibility index (Phi) is 7.92. The molecule has 34 heavy (non-hydrogen) atoms. The minimum atomic E-state index is -3.85. The standard InChI is InChI=1S/C21H26N4O7S2/c1-16(26)22-17-3-5-18(6-4-17)23-21(27)15-25(33(2,28)29)19-7-9-20(10-8-19)34(30,31)24-11-13-32-14-12-24/h3-10H,11-15H2,1-2H3,(H,22,26)(H,23,27). The Morgan fingerprint density at radius 1 is 0.912 bits per heavy atom. The minimum Gasteiger partial charge on any atom is -0.379 e. The summed E-state index contributed by atoms with van der Waals surface area (Å²) in [6.45, 7) is 1.97. The lowest BCUT2D eigenvalue weighted by atomic mass is 10.2. The molecule has 0 radical (unpaired) electrons. The van der Waals surface area contributed by atoms with Gasteiger partial charge in [0.1, 0.15) is 6.54 Å². The van der Waals surface area contributed by atoms with Gasteiger partial charge in [0.15, 0.2) is 0 Å². The fourth-order valence-electron chi connectivity index (χ4n) is 3.29. The Labute approximate surface area is 198 Å². The number of sulfonamides is 2. The summed E-state index contributed by atoms with van der Waals surface area (Å²) in [5, 5.41) is 5.20. The Bertz CT molecular complexity index is 1240. The predicted octanol–water partition coefficient (Wildman–Crippen LogP) is 1.07. The Morgan fingerprint density at radius 2 is 1.44 bits per heavy atom. The van der Waals surface area contributed by atoms with Crippen LogP contribution in [0.25, 0.3) is 0 Å². The van der Waals surface area contributed by atoms with Crippen LogP contribution >= 0.6 is 0 Å². The first kappa shape index (κ1) is 25.6. The molecule has 0 aliphatic carbocycles. The number of hydrogen-bond donors (Lipinski definition) is 2. The van der Waals surface area contributed by atoms with Gasteiger partial charge in [0.05, 0.1) is 30.1 Å². The summed E-state index contributed by atoms with van der Waals surface area (Å²) in [4.78, 5) is 23.7. The summed E-state index contributed by atoms with van der Waals surface area (Å²) in [6, 6.07) is 11.7. The van der Waals surface area contributed by atoms with E-state index in [4.69, 9.17) is 4.74 Å². The number of amides is 2. The van der Waals surface area contributed by atoms with Gasteiger partial charge in [0, 0.05) is 31.4 Å². The fraction of sp³-hybridized carbons (Fsp3) is 0.333. The molecule has 1 heterocycles. The van der Waals surface area contributed by atoms with Gasteiger partial charge in [0.2, 0.25) is 31.9 Å². The van der Waals surface area contributed by atoms with E-state index in [2.05, 4.69) is 10.6 Å². The highest BCUT2D eigenvalue weighted by Crippen LogP contribution is 2.23. The van der Waals surface area contributed by atoms with E-state index in [0.717, 1.165) is 10.6 Å². The molecule has 184 valence electrons. The van der Waals surface area contributed by atoms with Crippen molar-refractivity contribution in [2.24, 2.45) is 0 Å². The van der Waals surface area contributed by atoms with Crippen molar-refractivity contribution in [2.75, 3.05) is 54.0 Å². The van der Waals surface area contributed by atoms with Crippen molar-refractivity contribution >= 4 is 48.9 Å². The summed E-state index contributed by atoms with van der Waals surface area (Å²) in [5.74, 6) is -0.827. The molecular formula is C21H26N4O7S2. The lowest BCUT2D eigenvalue weighted by Crippen LogP contribution is -2.40. The number of hydrogen-bond acceptors (Lipinski definition) is 7. The Balaban J connectivity index is 1.73. The fourth-order valence-corrected chi connectivity index (χ4v) is 5.56. The molecule has 1 saturated heterocycles. The maximum absolute atomic E-state index is 12.8. The molecule has 3 rings (SSSR count). The molecule has 13 heteroatoms. The van der Waals surface area contributed by atoms with Crippen LogP contribution in [0.2, 0.25) is 0 Å². The van der Waals surface area contributed by atoms with Crippen LogP contribution in [0.15, 0.2) is 53.4 Å². The number of nitrogens with zero attached hydrogens (tertiary/aromatic N) is 2. The zero-order valence-corrected chi connectivity index (χ0v) is 20.4. The minimum absolute atomic E-state index is 0.0234. The summed E-state index contributed by atoms with van der Waals surface area (Å²) in [6.07, 6.45) is 0.959. The number of morpholine rings is 1. The molecule has 1 aliphatic heterocycles. The zero-order chi connectivity index (χ0) is 24.9. The number of benzene rings is 2. The number of rotatable bonds is 8. The average Bonchev–Trinajstić information content (AvgIpc) is 2.78. The molecule has 1 aliphatic rings. The smallest absolute Gasteiger partial charge is 0.245 e. The van der Waals surface area contributed by atoms with E-state index in [1.165, 1.54) is 35.5 Å². The van der Waals surface area contributed by atoms with Crippen molar-refractivity contribution in [3.05, 3.63) is 48.5 Å². The molecule has 0 unspecified atom stereocenters. The average molecular weight is 511 g/mol. The van der Waals surface area contributed by atoms with E-state index in [1.54, 1.807) is 24.3 Å². The zero-order valence-electron chi connectivity index (χ0n) is 18.7. The third-order valence-electron chi connectivity index (χ3n) is 4.91. The van der Waals surface area contributed by atoms with Crippen LogP contribution in [0, 0.1) is 0 Å². The number of carbonyl (C=O) groups is 2. The van der Waals surface area contributed by atoms with E-state index in [1.807, 2.05) is 0 Å². The van der Waals surface area contributed by atoms with Gasteiger partial charge in [-0.1, -0.05) is 0 Å². The molecule has 2 aromatic carbocycles. The van der Waals surface area contributed by atoms with Crippen molar-refractivity contribution in [1.82, 2.24) is 4.31 Å². The first-order valence-corrected chi connectivity index (χ1v) is 13.6. The van der Waals surface area contributed by atoms with Crippen molar-refractivity contribution in [3.63, 3.8) is 0 Å². The van der Waals surface area contributed by atoms with Crippen LogP contribution in [0.5, 0.6) is 0 Å². The number of anilines is 3. The third-order valence-corrected chi connectivity index (χ3v) is 7.96. The summed E-state index contributed by atoms with van der Waals surface area (Å²) < 4.78 is 57.7. The van der Waals surface area contributed by atoms with Gasteiger partial charge in [-0.25, -0.2) is 16.8 Å². The molecule has 1 fully saturated rings. The highest BCUT2D eigenvalue weighted by molar-refractivity contribution is 7.92. The van der Waals surface area contributed by atoms with E-state index in [9.17, 15) is 26.4 Å². The molecule has 0 saturated carbocycles. The van der Waals surface area contributed by atoms with E-state index in [0.29, 0.717) is 24.6 Å². The number of ether oxygens (including phenoxy) is 1. The van der Waals surface area contributed by atoms with Crippen molar-refractivity contribution in [3.8, 4) is 0 Å². The van der Waals surface area contributed by atoms with E-state index >= 15 is 0 Å². The van der Waals surface area contributed by atoms with Crippen LogP contribution < -0.4 is 14.9 Å². The van der Waals surface area contributed by atoms with Gasteiger partial charge < -0.3 is 15.4 Å². The molecule has 2 amide bonds. The topological polar surface area (TPSA) is 142 Å². The van der Waals surface area contributed by atoms with Crippen LogP contribution in [-0.2, 0) is 34.4 Å². The first-order chi connectivity index (χ1) is 16.0. The second kappa shape index (κ2) is 10.5. The largest absolute Gasteiger partial charge is 0.379 e. The molecule has 2 N–H and O–H groups in total. The first-order valence-electron chi connectivity index (χ1n) is 10.3. The van der Waals surface area contributed by atoms with Crippen molar-refractivity contribution in [1.29, 1.82) is 0 Å². The Morgan fingerprint density at radius 3 is 1.94 bits per heavy atom. The van der Waals surface area contributed by atoms with Crippen molar-refractivity contribution in [2.45, 2.75) is 11.8 Å². The SMILES string of the molecule is CC(=O)Nc1ccc(NC(=O)CN(c2ccc(S(=O)(=O)N3CCOCC3)cc2)S(C)(=O)=O)cc1. The maximum Gasteiger partial charge on any atom is 0.245 e. The quantitative estimate of drug-likeness (QED) is 0.541. The van der Waals surface area contributed by atoms with Crippen LogP contribution in [-0.4, -0.2) is 72.1 Å². The van der Waals surface area contributed by atoms with Crippen molar-refractivity contribution < 1.29 is 31.2 Å². The summed E-state index contributed by atoms with van der Waals surface area (Å²) in [7, 11) is -7.58. The van der Waals surface area contributed by atoms with Gasteiger partial charge in [0.25, 0.3) is 0 Å². The van der Waals surface area contributed by atoms with Gasteiger partial charge in [-0.05, 0) is 48.5 Å². The van der Waals surface area contributed by atoms with E-state index in [-0.39, 0.29) is 29.6 Å². The normalized spacial score (nSPS) is 14.9. The molecule has 0 spiro atoms. The summed E-state index contributed by atoms with van der Waals surface area (Å²) in [5.41, 5.74) is 1.12. The molecule has 2 aromatic rings.